The molecule has 152 valence electrons. The Morgan fingerprint density at radius 1 is 0.931 bits per heavy atom. The zero-order valence-corrected chi connectivity index (χ0v) is 16.2. The molecule has 0 bridgehead atoms. The van der Waals surface area contributed by atoms with Crippen LogP contribution in [0, 0.1) is 5.92 Å². The molecule has 2 N–H and O–H groups in total. The van der Waals surface area contributed by atoms with Crippen LogP contribution in [0.25, 0.3) is 10.8 Å². The van der Waals surface area contributed by atoms with E-state index in [-0.39, 0.29) is 30.2 Å². The predicted octanol–water partition coefficient (Wildman–Crippen LogP) is 5.22. The fourth-order valence-electron chi connectivity index (χ4n) is 3.78. The van der Waals surface area contributed by atoms with Gasteiger partial charge in [0, 0.05) is 30.1 Å². The van der Waals surface area contributed by atoms with Gasteiger partial charge in [-0.1, -0.05) is 48.5 Å². The van der Waals surface area contributed by atoms with E-state index < -0.39 is 11.7 Å². The number of fused-ring (bicyclic) bond motifs is 1. The van der Waals surface area contributed by atoms with E-state index in [9.17, 15) is 18.0 Å². The maximum Gasteiger partial charge on any atom is 0.416 e. The number of anilines is 1. The highest BCUT2D eigenvalue weighted by atomic mass is 35.5. The molecule has 29 heavy (non-hydrogen) atoms. The molecule has 0 radical (unpaired) electrons. The summed E-state index contributed by atoms with van der Waals surface area (Å²) in [4.78, 5) is 12.9. The second-order valence-electron chi connectivity index (χ2n) is 7.01. The lowest BCUT2D eigenvalue weighted by Crippen LogP contribution is -2.28. The quantitative estimate of drug-likeness (QED) is 0.609. The topological polar surface area (TPSA) is 41.1 Å². The van der Waals surface area contributed by atoms with E-state index in [0.717, 1.165) is 34.2 Å². The number of rotatable bonds is 3. The summed E-state index contributed by atoms with van der Waals surface area (Å²) in [5, 5.41) is 8.18. The molecule has 0 aliphatic carbocycles. The third-order valence-corrected chi connectivity index (χ3v) is 5.26. The number of carbonyl (C=O) groups excluding carboxylic acids is 1. The highest BCUT2D eigenvalue weighted by Gasteiger charge is 2.35. The van der Waals surface area contributed by atoms with Gasteiger partial charge in [-0.15, -0.1) is 12.4 Å². The Hall–Kier alpha value is -2.57. The van der Waals surface area contributed by atoms with Crippen LogP contribution in [0.15, 0.2) is 66.7 Å². The SMILES string of the molecule is Cl.O=C(Nc1cccc2ccccc12)[C@H]1CNC[C@@H]1c1ccc(C(F)(F)F)cc1. The summed E-state index contributed by atoms with van der Waals surface area (Å²) < 4.78 is 38.4. The van der Waals surface area contributed by atoms with Crippen molar-refractivity contribution in [1.29, 1.82) is 0 Å². The second-order valence-corrected chi connectivity index (χ2v) is 7.01. The standard InChI is InChI=1S/C22H19F3N2O.ClH/c23-22(24,25)16-10-8-15(9-11-16)18-12-26-13-19(18)21(28)27-20-7-3-5-14-4-1-2-6-17(14)20;/h1-11,18-19,26H,12-13H2,(H,27,28);1H/t18-,19+;/m1./s1. The molecule has 1 aliphatic rings. The Bertz CT molecular complexity index is 1000. The summed E-state index contributed by atoms with van der Waals surface area (Å²) >= 11 is 0. The van der Waals surface area contributed by atoms with Crippen LogP contribution in [0.4, 0.5) is 18.9 Å². The van der Waals surface area contributed by atoms with Crippen LogP contribution in [0.2, 0.25) is 0 Å². The Labute approximate surface area is 172 Å². The van der Waals surface area contributed by atoms with Crippen LogP contribution in [0.3, 0.4) is 0 Å². The van der Waals surface area contributed by atoms with Crippen molar-refractivity contribution in [2.45, 2.75) is 12.1 Å². The molecule has 3 nitrogen and oxygen atoms in total. The van der Waals surface area contributed by atoms with Gasteiger partial charge < -0.3 is 10.6 Å². The third kappa shape index (κ3) is 4.38. The highest BCUT2D eigenvalue weighted by molar-refractivity contribution is 6.03. The minimum atomic E-state index is -4.36. The van der Waals surface area contributed by atoms with Gasteiger partial charge in [-0.25, -0.2) is 0 Å². The van der Waals surface area contributed by atoms with Gasteiger partial charge in [-0.05, 0) is 29.1 Å². The number of hydrogen-bond donors (Lipinski definition) is 2. The lowest BCUT2D eigenvalue weighted by Gasteiger charge is -2.20. The number of benzene rings is 3. The molecule has 0 unspecified atom stereocenters. The lowest BCUT2D eigenvalue weighted by atomic mass is 9.87. The summed E-state index contributed by atoms with van der Waals surface area (Å²) in [6.45, 7) is 1.04. The molecule has 1 aliphatic heterocycles. The van der Waals surface area contributed by atoms with Crippen molar-refractivity contribution in [2.24, 2.45) is 5.92 Å². The first-order valence-electron chi connectivity index (χ1n) is 9.10. The van der Waals surface area contributed by atoms with E-state index >= 15 is 0 Å². The van der Waals surface area contributed by atoms with Crippen LogP contribution in [0.1, 0.15) is 17.0 Å². The van der Waals surface area contributed by atoms with E-state index in [2.05, 4.69) is 10.6 Å². The smallest absolute Gasteiger partial charge is 0.325 e. The minimum absolute atomic E-state index is 0. The monoisotopic (exact) mass is 420 g/mol. The molecule has 7 heteroatoms. The van der Waals surface area contributed by atoms with Crippen molar-refractivity contribution < 1.29 is 18.0 Å². The Balaban J connectivity index is 0.00000240. The van der Waals surface area contributed by atoms with Gasteiger partial charge in [-0.3, -0.25) is 4.79 Å². The minimum Gasteiger partial charge on any atom is -0.325 e. The first kappa shape index (κ1) is 21.1. The van der Waals surface area contributed by atoms with Crippen molar-refractivity contribution in [3.63, 3.8) is 0 Å². The molecule has 1 fully saturated rings. The lowest BCUT2D eigenvalue weighted by molar-refractivity contribution is -0.137. The Morgan fingerprint density at radius 2 is 1.62 bits per heavy atom. The Morgan fingerprint density at radius 3 is 2.34 bits per heavy atom. The summed E-state index contributed by atoms with van der Waals surface area (Å²) in [5.74, 6) is -0.654. The van der Waals surface area contributed by atoms with Crippen molar-refractivity contribution in [2.75, 3.05) is 18.4 Å². The normalized spacial score (nSPS) is 19.0. The second kappa shape index (κ2) is 8.43. The number of halogens is 4. The van der Waals surface area contributed by atoms with Crippen LogP contribution >= 0.6 is 12.4 Å². The summed E-state index contributed by atoms with van der Waals surface area (Å²) in [6, 6.07) is 18.6. The van der Waals surface area contributed by atoms with Crippen molar-refractivity contribution in [1.82, 2.24) is 5.32 Å². The van der Waals surface area contributed by atoms with E-state index in [1.807, 2.05) is 42.5 Å². The average molecular weight is 421 g/mol. The number of nitrogens with one attached hydrogen (secondary N) is 2. The van der Waals surface area contributed by atoms with E-state index in [1.54, 1.807) is 0 Å². The zero-order chi connectivity index (χ0) is 19.7. The number of carbonyl (C=O) groups is 1. The average Bonchev–Trinajstić information content (AvgIpc) is 3.18. The van der Waals surface area contributed by atoms with Crippen molar-refractivity contribution in [3.8, 4) is 0 Å². The first-order valence-corrected chi connectivity index (χ1v) is 9.10. The zero-order valence-electron chi connectivity index (χ0n) is 15.4. The molecule has 1 heterocycles. The molecule has 3 aromatic rings. The van der Waals surface area contributed by atoms with E-state index in [1.165, 1.54) is 12.1 Å². The number of hydrogen-bond acceptors (Lipinski definition) is 2. The first-order chi connectivity index (χ1) is 13.4. The molecule has 3 aromatic carbocycles. The van der Waals surface area contributed by atoms with Crippen LogP contribution in [-0.4, -0.2) is 19.0 Å². The largest absolute Gasteiger partial charge is 0.416 e. The maximum atomic E-state index is 12.9. The summed E-state index contributed by atoms with van der Waals surface area (Å²) in [6.07, 6.45) is -4.36. The Kier molecular flexibility index (Phi) is 6.15. The van der Waals surface area contributed by atoms with E-state index in [0.29, 0.717) is 13.1 Å². The van der Waals surface area contributed by atoms with Gasteiger partial charge in [0.2, 0.25) is 5.91 Å². The van der Waals surface area contributed by atoms with Crippen molar-refractivity contribution in [3.05, 3.63) is 77.9 Å². The molecule has 1 amide bonds. The van der Waals surface area contributed by atoms with Crippen molar-refractivity contribution >= 4 is 34.8 Å². The predicted molar refractivity (Wildman–Crippen MR) is 110 cm³/mol. The maximum absolute atomic E-state index is 12.9. The van der Waals surface area contributed by atoms with E-state index in [4.69, 9.17) is 0 Å². The van der Waals surface area contributed by atoms with Crippen LogP contribution < -0.4 is 10.6 Å². The molecule has 0 saturated carbocycles. The molecule has 0 spiro atoms. The molecule has 1 saturated heterocycles. The van der Waals surface area contributed by atoms with Gasteiger partial charge in [0.1, 0.15) is 0 Å². The van der Waals surface area contributed by atoms with Crippen LogP contribution in [0.5, 0.6) is 0 Å². The molecule has 4 rings (SSSR count). The highest BCUT2D eigenvalue weighted by Crippen LogP contribution is 2.34. The number of amides is 1. The molecular weight excluding hydrogens is 401 g/mol. The fourth-order valence-corrected chi connectivity index (χ4v) is 3.78. The molecular formula is C22H20ClF3N2O. The molecule has 0 aromatic heterocycles. The van der Waals surface area contributed by atoms with Crippen LogP contribution in [-0.2, 0) is 11.0 Å². The van der Waals surface area contributed by atoms with Gasteiger partial charge in [0.15, 0.2) is 0 Å². The summed E-state index contributed by atoms with van der Waals surface area (Å²) in [5.41, 5.74) is 0.788. The van der Waals surface area contributed by atoms with Gasteiger partial charge in [0.05, 0.1) is 11.5 Å². The van der Waals surface area contributed by atoms with Gasteiger partial charge in [-0.2, -0.15) is 13.2 Å². The van der Waals surface area contributed by atoms with Gasteiger partial charge in [0.25, 0.3) is 0 Å². The molecule has 2 atom stereocenters. The van der Waals surface area contributed by atoms with Gasteiger partial charge >= 0.3 is 6.18 Å². The number of alkyl halides is 3. The third-order valence-electron chi connectivity index (χ3n) is 5.26. The summed E-state index contributed by atoms with van der Waals surface area (Å²) in [7, 11) is 0. The fraction of sp³-hybridized carbons (Fsp3) is 0.227.